The van der Waals surface area contributed by atoms with Crippen molar-refractivity contribution < 1.29 is 0 Å². The number of rotatable bonds is 1. The van der Waals surface area contributed by atoms with Crippen LogP contribution in [0.3, 0.4) is 0 Å². The fourth-order valence-electron chi connectivity index (χ4n) is 0. The van der Waals surface area contributed by atoms with Crippen molar-refractivity contribution in [3.05, 3.63) is 0 Å². The summed E-state index contributed by atoms with van der Waals surface area (Å²) in [6.07, 6.45) is 0. The van der Waals surface area contributed by atoms with Gasteiger partial charge < -0.3 is 0 Å². The van der Waals surface area contributed by atoms with E-state index in [0.29, 0.717) is 0 Å². The summed E-state index contributed by atoms with van der Waals surface area (Å²) in [4.78, 5) is 0. The van der Waals surface area contributed by atoms with Gasteiger partial charge in [0, 0.05) is 0 Å². The second-order valence-electron chi connectivity index (χ2n) is 0.493. The van der Waals surface area contributed by atoms with Crippen LogP contribution in [0.15, 0.2) is 0 Å². The molecule has 4 heavy (non-hydrogen) atoms. The molecule has 0 saturated heterocycles. The molecule has 0 bridgehead atoms. The van der Waals surface area contributed by atoms with Gasteiger partial charge in [-0.3, -0.25) is 0 Å². The summed E-state index contributed by atoms with van der Waals surface area (Å²) in [6, 6.07) is 0. The molecule has 0 radical (unpaired) electrons. The molecule has 0 aromatic heterocycles. The molecule has 1 N–H and O–H groups in total. The monoisotopic (exact) mass is 55.1 g/mol. The first kappa shape index (κ1) is 3.73. The molecule has 0 spiro atoms. The van der Waals surface area contributed by atoms with E-state index >= 15 is 0 Å². The molecule has 0 aliphatic rings. The van der Waals surface area contributed by atoms with Crippen LogP contribution >= 0.6 is 0 Å². The predicted octanol–water partition coefficient (Wildman–Crippen LogP) is -0.743. The van der Waals surface area contributed by atoms with Crippen LogP contribution in [0.5, 0.6) is 0 Å². The molecule has 0 saturated carbocycles. The summed E-state index contributed by atoms with van der Waals surface area (Å²) in [5.74, 6) is 0. The predicted molar refractivity (Wildman–Crippen MR) is 21.9 cm³/mol. The van der Waals surface area contributed by atoms with Crippen molar-refractivity contribution >= 4 is 13.5 Å². The molecule has 22 valence electrons. The van der Waals surface area contributed by atoms with E-state index in [1.165, 1.54) is 0 Å². The number of nitrogens with one attached hydrogen (secondary N) is 1. The van der Waals surface area contributed by atoms with E-state index < -0.39 is 0 Å². The molecule has 0 heterocycles. The summed E-state index contributed by atoms with van der Waals surface area (Å²) < 4.78 is 0. The molecule has 0 atom stereocenters. The Morgan fingerprint density at radius 2 is 2.25 bits per heavy atom. The van der Waals surface area contributed by atoms with E-state index in [2.05, 4.69) is 11.7 Å². The summed E-state index contributed by atoms with van der Waals surface area (Å²) in [5.41, 5.74) is 0. The Morgan fingerprint density at radius 1 is 2.00 bits per heavy atom. The molecule has 1 nitrogen and oxygen atoms in total. The maximum atomic E-state index is 3.37. The summed E-state index contributed by atoms with van der Waals surface area (Å²) in [7, 11) is 3.44. The van der Waals surface area contributed by atoms with E-state index in [0.717, 1.165) is 0 Å². The van der Waals surface area contributed by atoms with Gasteiger partial charge in [-0.25, -0.2) is 0 Å². The average molecular weight is 54.9 g/mol. The first-order chi connectivity index (χ1) is 1.91. The van der Waals surface area contributed by atoms with Crippen molar-refractivity contribution in [3.63, 3.8) is 0 Å². The Bertz CT molecular complexity index is 20.0. The van der Waals surface area contributed by atoms with Gasteiger partial charge in [-0.15, -0.1) is 0 Å². The molecule has 2 heteroatoms. The van der Waals surface area contributed by atoms with Crippen LogP contribution in [0.25, 0.3) is 0 Å². The van der Waals surface area contributed by atoms with Crippen molar-refractivity contribution in [1.29, 1.82) is 0 Å². The molecule has 0 unspecified atom stereocenters. The van der Waals surface area contributed by atoms with Crippen LogP contribution in [0, 0.1) is 0 Å². The second kappa shape index (κ2) is 2.73. The quantitative estimate of drug-likeness (QED) is 0.389. The fraction of sp³-hybridized carbons (Fsp3) is 0.500. The summed E-state index contributed by atoms with van der Waals surface area (Å²) in [5, 5.41) is 2.69. The van der Waals surface area contributed by atoms with Gasteiger partial charge in [0.25, 0.3) is 0 Å². The molecule has 0 aliphatic heterocycles. The molecule has 0 amide bonds. The standard InChI is InChI=1S/C2H6BN/c1-3-4-2/h4H,1H2,2H3. The SMILES string of the molecule is C=BNC. The number of hydrogen-bond acceptors (Lipinski definition) is 1. The fourth-order valence-corrected chi connectivity index (χ4v) is 0. The van der Waals surface area contributed by atoms with Crippen LogP contribution in [-0.4, -0.2) is 20.6 Å². The van der Waals surface area contributed by atoms with Gasteiger partial charge >= 0.3 is 25.8 Å². The Hall–Kier alpha value is -0.265. The summed E-state index contributed by atoms with van der Waals surface area (Å²) in [6.45, 7) is 3.37. The Kier molecular flexibility index (Phi) is 2.55. The van der Waals surface area contributed by atoms with Crippen LogP contribution in [0.4, 0.5) is 0 Å². The Balaban J connectivity index is 2.30. The Morgan fingerprint density at radius 3 is 2.25 bits per heavy atom. The minimum atomic E-state index is 1.62. The molecule has 0 rings (SSSR count). The van der Waals surface area contributed by atoms with Crippen molar-refractivity contribution in [3.8, 4) is 0 Å². The van der Waals surface area contributed by atoms with Crippen molar-refractivity contribution in [2.75, 3.05) is 7.05 Å². The first-order valence-electron chi connectivity index (χ1n) is 1.20. The van der Waals surface area contributed by atoms with Gasteiger partial charge in [0.2, 0.25) is 0 Å². The van der Waals surface area contributed by atoms with E-state index in [1.54, 1.807) is 7.06 Å². The third kappa shape index (κ3) is 1.73. The van der Waals surface area contributed by atoms with Gasteiger partial charge in [0.1, 0.15) is 0 Å². The normalized spacial score (nSPS) is 4.25. The average Bonchev–Trinajstić information content (AvgIpc) is 1.37. The minimum absolute atomic E-state index is 1.62. The molecule has 0 aromatic rings. The van der Waals surface area contributed by atoms with Gasteiger partial charge in [-0.1, -0.05) is 0 Å². The molecule has 0 aromatic carbocycles. The zero-order valence-corrected chi connectivity index (χ0v) is 2.78. The third-order valence-corrected chi connectivity index (χ3v) is 0.204. The van der Waals surface area contributed by atoms with Crippen LogP contribution < -0.4 is 5.23 Å². The van der Waals surface area contributed by atoms with E-state index in [1.807, 2.05) is 7.05 Å². The zero-order valence-electron chi connectivity index (χ0n) is 2.78. The van der Waals surface area contributed by atoms with Gasteiger partial charge in [-0.2, -0.15) is 0 Å². The van der Waals surface area contributed by atoms with Gasteiger partial charge in [0.05, 0.1) is 0 Å². The van der Waals surface area contributed by atoms with Crippen LogP contribution in [0.1, 0.15) is 0 Å². The van der Waals surface area contributed by atoms with Gasteiger partial charge in [-0.05, 0) is 0 Å². The first-order valence-corrected chi connectivity index (χ1v) is 1.20. The second-order valence-corrected chi connectivity index (χ2v) is 0.493. The van der Waals surface area contributed by atoms with Crippen molar-refractivity contribution in [1.82, 2.24) is 5.23 Å². The molecular weight excluding hydrogens is 48.8 g/mol. The molecular formula is C2H6BN. The Labute approximate surface area is 27.0 Å². The van der Waals surface area contributed by atoms with Crippen LogP contribution in [-0.2, 0) is 0 Å². The zero-order chi connectivity index (χ0) is 3.41. The van der Waals surface area contributed by atoms with E-state index in [-0.39, 0.29) is 0 Å². The number of hydrogen-bond donors (Lipinski definition) is 1. The topological polar surface area (TPSA) is 12.0 Å². The third-order valence-electron chi connectivity index (χ3n) is 0.204. The van der Waals surface area contributed by atoms with Gasteiger partial charge in [0.15, 0.2) is 0 Å². The van der Waals surface area contributed by atoms with Crippen molar-refractivity contribution in [2.45, 2.75) is 0 Å². The summed E-state index contributed by atoms with van der Waals surface area (Å²) >= 11 is 0. The van der Waals surface area contributed by atoms with E-state index in [9.17, 15) is 0 Å². The maximum absolute atomic E-state index is 3.37. The van der Waals surface area contributed by atoms with E-state index in [4.69, 9.17) is 0 Å². The van der Waals surface area contributed by atoms with Crippen molar-refractivity contribution in [2.24, 2.45) is 0 Å². The molecule has 0 fully saturated rings. The molecule has 0 aliphatic carbocycles. The van der Waals surface area contributed by atoms with Crippen LogP contribution in [0.2, 0.25) is 0 Å².